The molecule has 0 radical (unpaired) electrons. The Balaban J connectivity index is 1.50. The second kappa shape index (κ2) is 8.16. The molecule has 0 saturated heterocycles. The van der Waals surface area contributed by atoms with Gasteiger partial charge in [0.15, 0.2) is 22.5 Å². The maximum absolute atomic E-state index is 12.7. The van der Waals surface area contributed by atoms with Crippen molar-refractivity contribution < 1.29 is 14.3 Å². The Morgan fingerprint density at radius 2 is 1.83 bits per heavy atom. The Morgan fingerprint density at radius 3 is 2.59 bits per heavy atom. The average Bonchev–Trinajstić information content (AvgIpc) is 3.35. The zero-order valence-electron chi connectivity index (χ0n) is 16.5. The van der Waals surface area contributed by atoms with Crippen molar-refractivity contribution in [2.24, 2.45) is 0 Å². The molecule has 1 N–H and O–H groups in total. The third kappa shape index (κ3) is 4.07. The molecule has 0 saturated carbocycles. The largest absolute Gasteiger partial charge is 0.454 e. The monoisotopic (exact) mass is 410 g/mol. The molecule has 2 heterocycles. The molecule has 0 bridgehead atoms. The Morgan fingerprint density at radius 1 is 1.07 bits per heavy atom. The van der Waals surface area contributed by atoms with Crippen LogP contribution < -0.4 is 14.8 Å². The van der Waals surface area contributed by atoms with Crippen LogP contribution in [-0.4, -0.2) is 32.7 Å². The van der Waals surface area contributed by atoms with E-state index >= 15 is 0 Å². The van der Waals surface area contributed by atoms with Gasteiger partial charge in [-0.1, -0.05) is 42.1 Å². The Kier molecular flexibility index (Phi) is 5.44. The molecule has 7 nitrogen and oxygen atoms in total. The topological polar surface area (TPSA) is 78.3 Å². The fourth-order valence-corrected chi connectivity index (χ4v) is 4.02. The number of carbonyl (C=O) groups is 1. The van der Waals surface area contributed by atoms with Gasteiger partial charge in [0.1, 0.15) is 0 Å². The van der Waals surface area contributed by atoms with Crippen LogP contribution in [0.15, 0.2) is 53.7 Å². The molecule has 2 aromatic carbocycles. The molecule has 0 fully saturated rings. The molecule has 1 aliphatic rings. The number of hydrogen-bond acceptors (Lipinski definition) is 6. The Labute approximate surface area is 173 Å². The standard InChI is InChI=1S/C21H22N4O3S/c1-13(2)25-19(15-7-5-4-6-8-15)23-24-21(25)29-14(3)20(26)22-16-9-10-17-18(11-16)28-12-27-17/h4-11,13-14H,12H2,1-3H3,(H,22,26)/t14-/m1/s1. The number of aromatic nitrogens is 3. The second-order valence-corrected chi connectivity index (χ2v) is 8.26. The van der Waals surface area contributed by atoms with Crippen molar-refractivity contribution in [1.29, 1.82) is 0 Å². The van der Waals surface area contributed by atoms with Gasteiger partial charge in [-0.05, 0) is 32.9 Å². The lowest BCUT2D eigenvalue weighted by atomic mass is 10.2. The average molecular weight is 410 g/mol. The fraction of sp³-hybridized carbons (Fsp3) is 0.286. The molecule has 0 unspecified atom stereocenters. The first-order valence-electron chi connectivity index (χ1n) is 9.40. The van der Waals surface area contributed by atoms with E-state index in [9.17, 15) is 4.79 Å². The molecule has 1 aromatic heterocycles. The maximum Gasteiger partial charge on any atom is 0.237 e. The molecule has 0 aliphatic carbocycles. The van der Waals surface area contributed by atoms with E-state index in [1.54, 1.807) is 18.2 Å². The molecule has 1 amide bonds. The second-order valence-electron chi connectivity index (χ2n) is 6.95. The number of amides is 1. The number of ether oxygens (including phenoxy) is 2. The van der Waals surface area contributed by atoms with E-state index in [4.69, 9.17) is 9.47 Å². The van der Waals surface area contributed by atoms with Gasteiger partial charge in [0.25, 0.3) is 0 Å². The number of benzene rings is 2. The minimum absolute atomic E-state index is 0.117. The molecule has 150 valence electrons. The summed E-state index contributed by atoms with van der Waals surface area (Å²) in [6, 6.07) is 15.4. The minimum atomic E-state index is -0.356. The van der Waals surface area contributed by atoms with Gasteiger partial charge in [-0.3, -0.25) is 9.36 Å². The van der Waals surface area contributed by atoms with Gasteiger partial charge >= 0.3 is 0 Å². The highest BCUT2D eigenvalue weighted by molar-refractivity contribution is 8.00. The fourth-order valence-electron chi connectivity index (χ4n) is 3.04. The SMILES string of the molecule is CC(C)n1c(S[C@H](C)C(=O)Nc2ccc3c(c2)OCO3)nnc1-c1ccccc1. The molecule has 0 spiro atoms. The predicted octanol–water partition coefficient (Wildman–Crippen LogP) is 4.37. The highest BCUT2D eigenvalue weighted by Gasteiger charge is 2.23. The summed E-state index contributed by atoms with van der Waals surface area (Å²) in [7, 11) is 0. The summed E-state index contributed by atoms with van der Waals surface area (Å²) < 4.78 is 12.7. The lowest BCUT2D eigenvalue weighted by molar-refractivity contribution is -0.115. The maximum atomic E-state index is 12.7. The van der Waals surface area contributed by atoms with Crippen molar-refractivity contribution in [1.82, 2.24) is 14.8 Å². The quantitative estimate of drug-likeness (QED) is 0.608. The molecule has 8 heteroatoms. The van der Waals surface area contributed by atoms with Crippen LogP contribution in [0.4, 0.5) is 5.69 Å². The third-order valence-corrected chi connectivity index (χ3v) is 5.56. The number of fused-ring (bicyclic) bond motifs is 1. The number of hydrogen-bond donors (Lipinski definition) is 1. The summed E-state index contributed by atoms with van der Waals surface area (Å²) in [5.41, 5.74) is 1.67. The summed E-state index contributed by atoms with van der Waals surface area (Å²) in [6.07, 6.45) is 0. The van der Waals surface area contributed by atoms with Crippen LogP contribution in [0.25, 0.3) is 11.4 Å². The van der Waals surface area contributed by atoms with Crippen molar-refractivity contribution in [2.75, 3.05) is 12.1 Å². The van der Waals surface area contributed by atoms with Gasteiger partial charge in [-0.15, -0.1) is 10.2 Å². The molecule has 3 aromatic rings. The number of nitrogens with one attached hydrogen (secondary N) is 1. The van der Waals surface area contributed by atoms with Crippen LogP contribution in [0.5, 0.6) is 11.5 Å². The minimum Gasteiger partial charge on any atom is -0.454 e. The van der Waals surface area contributed by atoms with E-state index in [1.165, 1.54) is 11.8 Å². The summed E-state index contributed by atoms with van der Waals surface area (Å²) in [5, 5.41) is 12.0. The van der Waals surface area contributed by atoms with Crippen LogP contribution in [0.3, 0.4) is 0 Å². The highest BCUT2D eigenvalue weighted by atomic mass is 32.2. The Hall–Kier alpha value is -3.00. The smallest absolute Gasteiger partial charge is 0.237 e. The van der Waals surface area contributed by atoms with Gasteiger partial charge in [0.05, 0.1) is 5.25 Å². The first-order chi connectivity index (χ1) is 14.0. The van der Waals surface area contributed by atoms with Gasteiger partial charge in [-0.25, -0.2) is 0 Å². The van der Waals surface area contributed by atoms with Crippen molar-refractivity contribution in [3.8, 4) is 22.9 Å². The van der Waals surface area contributed by atoms with Crippen LogP contribution in [0.2, 0.25) is 0 Å². The number of nitrogens with zero attached hydrogens (tertiary/aromatic N) is 3. The lowest BCUT2D eigenvalue weighted by Crippen LogP contribution is -2.23. The van der Waals surface area contributed by atoms with Gasteiger partial charge in [-0.2, -0.15) is 0 Å². The number of carbonyl (C=O) groups excluding carboxylic acids is 1. The number of thioether (sulfide) groups is 1. The van der Waals surface area contributed by atoms with E-state index in [0.717, 1.165) is 11.4 Å². The van der Waals surface area contributed by atoms with Crippen molar-refractivity contribution >= 4 is 23.4 Å². The molecular formula is C21H22N4O3S. The van der Waals surface area contributed by atoms with E-state index in [0.29, 0.717) is 22.3 Å². The van der Waals surface area contributed by atoms with Crippen LogP contribution in [0, 0.1) is 0 Å². The number of rotatable bonds is 6. The molecular weight excluding hydrogens is 388 g/mol. The van der Waals surface area contributed by atoms with E-state index in [1.807, 2.05) is 37.3 Å². The van der Waals surface area contributed by atoms with Crippen LogP contribution >= 0.6 is 11.8 Å². The van der Waals surface area contributed by atoms with Crippen LogP contribution in [0.1, 0.15) is 26.8 Å². The van der Waals surface area contributed by atoms with Crippen molar-refractivity contribution in [3.05, 3.63) is 48.5 Å². The summed E-state index contributed by atoms with van der Waals surface area (Å²) in [5.74, 6) is 2.00. The van der Waals surface area contributed by atoms with Gasteiger partial charge in [0, 0.05) is 23.4 Å². The van der Waals surface area contributed by atoms with E-state index in [2.05, 4.69) is 33.9 Å². The third-order valence-electron chi connectivity index (χ3n) is 4.50. The van der Waals surface area contributed by atoms with Crippen LogP contribution in [-0.2, 0) is 4.79 Å². The van der Waals surface area contributed by atoms with Crippen molar-refractivity contribution in [2.45, 2.75) is 37.2 Å². The summed E-state index contributed by atoms with van der Waals surface area (Å²) in [6.45, 7) is 6.22. The highest BCUT2D eigenvalue weighted by Crippen LogP contribution is 2.35. The normalized spacial score (nSPS) is 13.5. The van der Waals surface area contributed by atoms with E-state index in [-0.39, 0.29) is 24.0 Å². The Bertz CT molecular complexity index is 1020. The molecule has 4 rings (SSSR count). The zero-order chi connectivity index (χ0) is 20.4. The molecule has 1 aliphatic heterocycles. The predicted molar refractivity (Wildman–Crippen MR) is 112 cm³/mol. The first-order valence-corrected chi connectivity index (χ1v) is 10.3. The van der Waals surface area contributed by atoms with Gasteiger partial charge in [0.2, 0.25) is 12.7 Å². The number of anilines is 1. The van der Waals surface area contributed by atoms with Crippen molar-refractivity contribution in [3.63, 3.8) is 0 Å². The molecule has 1 atom stereocenters. The van der Waals surface area contributed by atoms with E-state index < -0.39 is 0 Å². The summed E-state index contributed by atoms with van der Waals surface area (Å²) in [4.78, 5) is 12.7. The lowest BCUT2D eigenvalue weighted by Gasteiger charge is -2.16. The summed E-state index contributed by atoms with van der Waals surface area (Å²) >= 11 is 1.39. The van der Waals surface area contributed by atoms with Gasteiger partial charge < -0.3 is 14.8 Å². The first kappa shape index (κ1) is 19.3. The molecule has 29 heavy (non-hydrogen) atoms. The zero-order valence-corrected chi connectivity index (χ0v) is 17.3.